The van der Waals surface area contributed by atoms with E-state index >= 15 is 0 Å². The molecule has 5 rings (SSSR count). The Morgan fingerprint density at radius 2 is 2.17 bits per heavy atom. The van der Waals surface area contributed by atoms with Gasteiger partial charge in [-0.15, -0.1) is 0 Å². The number of methoxy groups -OCH3 is 1. The van der Waals surface area contributed by atoms with Gasteiger partial charge in [-0.05, 0) is 79.7 Å². The van der Waals surface area contributed by atoms with Crippen molar-refractivity contribution in [3.8, 4) is 0 Å². The van der Waals surface area contributed by atoms with Gasteiger partial charge >= 0.3 is 0 Å². The average Bonchev–Trinajstić information content (AvgIpc) is 3.46. The molecule has 4 nitrogen and oxygen atoms in total. The largest absolute Gasteiger partial charge is 0.494 e. The van der Waals surface area contributed by atoms with E-state index in [-0.39, 0.29) is 0 Å². The molecular formula is C26H33N3O. The highest BCUT2D eigenvalue weighted by atomic mass is 16.5. The normalized spacial score (nSPS) is 24.0. The summed E-state index contributed by atoms with van der Waals surface area (Å²) in [7, 11) is 3.80. The van der Waals surface area contributed by atoms with Crippen molar-refractivity contribution in [2.75, 3.05) is 7.11 Å². The summed E-state index contributed by atoms with van der Waals surface area (Å²) in [4.78, 5) is 8.79. The molecular weight excluding hydrogens is 370 g/mol. The highest BCUT2D eigenvalue weighted by Crippen LogP contribution is 2.49. The number of hydrogen-bond acceptors (Lipinski definition) is 2. The molecule has 2 unspecified atom stereocenters. The lowest BCUT2D eigenvalue weighted by Gasteiger charge is -2.33. The predicted octanol–water partition coefficient (Wildman–Crippen LogP) is 6.21. The molecule has 2 aromatic heterocycles. The number of aliphatic imine (C=N–C) groups is 1. The maximum absolute atomic E-state index is 5.72. The molecule has 3 aliphatic rings. The van der Waals surface area contributed by atoms with E-state index in [4.69, 9.17) is 9.73 Å². The van der Waals surface area contributed by atoms with Crippen LogP contribution in [0.5, 0.6) is 0 Å². The molecule has 0 radical (unpaired) electrons. The quantitative estimate of drug-likeness (QED) is 0.612. The van der Waals surface area contributed by atoms with E-state index in [9.17, 15) is 0 Å². The highest BCUT2D eigenvalue weighted by molar-refractivity contribution is 6.11. The molecule has 2 aliphatic carbocycles. The first kappa shape index (κ1) is 19.5. The van der Waals surface area contributed by atoms with E-state index < -0.39 is 0 Å². The molecule has 0 fully saturated rings. The Kier molecular flexibility index (Phi) is 5.18. The zero-order chi connectivity index (χ0) is 20.7. The average molecular weight is 404 g/mol. The Bertz CT molecular complexity index is 1030. The number of aromatic nitrogens is 2. The third-order valence-electron chi connectivity index (χ3n) is 7.22. The maximum atomic E-state index is 5.72. The Balaban J connectivity index is 1.58. The summed E-state index contributed by atoms with van der Waals surface area (Å²) in [6.45, 7) is 2.30. The first-order valence-electron chi connectivity index (χ1n) is 11.6. The van der Waals surface area contributed by atoms with Crippen molar-refractivity contribution in [3.63, 3.8) is 0 Å². The number of nitrogens with one attached hydrogen (secondary N) is 1. The van der Waals surface area contributed by atoms with Gasteiger partial charge in [0.05, 0.1) is 18.5 Å². The van der Waals surface area contributed by atoms with Gasteiger partial charge < -0.3 is 14.3 Å². The van der Waals surface area contributed by atoms with Crippen LogP contribution in [0.15, 0.2) is 40.9 Å². The van der Waals surface area contributed by atoms with Crippen LogP contribution in [0.1, 0.15) is 91.9 Å². The summed E-state index contributed by atoms with van der Waals surface area (Å²) in [5.74, 6) is 2.29. The fraction of sp³-hybridized carbons (Fsp3) is 0.500. The van der Waals surface area contributed by atoms with E-state index in [1.165, 1.54) is 62.8 Å². The lowest BCUT2D eigenvalue weighted by molar-refractivity contribution is 0.303. The van der Waals surface area contributed by atoms with Crippen LogP contribution in [0.3, 0.4) is 0 Å². The molecule has 0 aromatic carbocycles. The van der Waals surface area contributed by atoms with Gasteiger partial charge in [-0.2, -0.15) is 0 Å². The minimum atomic E-state index is 0.679. The zero-order valence-corrected chi connectivity index (χ0v) is 18.5. The lowest BCUT2D eigenvalue weighted by Crippen LogP contribution is -2.18. The number of allylic oxidation sites excluding steroid dienone is 1. The predicted molar refractivity (Wildman–Crippen MR) is 123 cm³/mol. The van der Waals surface area contributed by atoms with Crippen molar-refractivity contribution in [2.45, 2.75) is 70.1 Å². The van der Waals surface area contributed by atoms with E-state index in [0.717, 1.165) is 28.8 Å². The van der Waals surface area contributed by atoms with Crippen molar-refractivity contribution in [2.24, 2.45) is 12.0 Å². The van der Waals surface area contributed by atoms with Crippen LogP contribution in [0, 0.1) is 0 Å². The van der Waals surface area contributed by atoms with Crippen molar-refractivity contribution in [3.05, 3.63) is 64.1 Å². The smallest absolute Gasteiger partial charge is 0.146 e. The molecule has 0 saturated carbocycles. The minimum absolute atomic E-state index is 0.679. The number of hydrogen-bond donors (Lipinski definition) is 1. The molecule has 4 heteroatoms. The molecule has 2 aromatic rings. The second kappa shape index (κ2) is 7.98. The van der Waals surface area contributed by atoms with Crippen LogP contribution in [0.25, 0.3) is 6.08 Å². The third-order valence-corrected chi connectivity index (χ3v) is 7.22. The minimum Gasteiger partial charge on any atom is -0.494 e. The van der Waals surface area contributed by atoms with Crippen LogP contribution in [-0.4, -0.2) is 22.4 Å². The van der Waals surface area contributed by atoms with E-state index in [1.807, 2.05) is 0 Å². The van der Waals surface area contributed by atoms with Gasteiger partial charge in [0.1, 0.15) is 11.5 Å². The number of rotatable bonds is 6. The molecule has 2 atom stereocenters. The van der Waals surface area contributed by atoms with E-state index in [1.54, 1.807) is 18.2 Å². The number of aryl methyl sites for hydroxylation is 2. The molecule has 3 heterocycles. The van der Waals surface area contributed by atoms with Gasteiger partial charge in [-0.1, -0.05) is 19.8 Å². The number of H-pyrrole nitrogens is 1. The summed E-state index contributed by atoms with van der Waals surface area (Å²) in [6.07, 6.45) is 16.8. The van der Waals surface area contributed by atoms with Gasteiger partial charge in [0.15, 0.2) is 0 Å². The van der Waals surface area contributed by atoms with Gasteiger partial charge in [0, 0.05) is 30.7 Å². The van der Waals surface area contributed by atoms with Crippen LogP contribution in [0.4, 0.5) is 0 Å². The van der Waals surface area contributed by atoms with Crippen molar-refractivity contribution in [1.82, 2.24) is 9.55 Å². The first-order chi connectivity index (χ1) is 14.7. The Hall–Kier alpha value is -2.49. The lowest BCUT2D eigenvalue weighted by atomic mass is 9.71. The molecule has 158 valence electrons. The number of unbranched alkanes of at least 4 members (excludes halogenated alkanes) is 1. The molecule has 1 N–H and O–H groups in total. The SMILES string of the molecule is CCCCC1CCC2CCCc3[nH]c(/C=C4/N=C(c5cccn5C)C=C4OC)c1c32. The highest BCUT2D eigenvalue weighted by Gasteiger charge is 2.35. The molecule has 0 amide bonds. The summed E-state index contributed by atoms with van der Waals surface area (Å²) in [5.41, 5.74) is 9.04. The summed E-state index contributed by atoms with van der Waals surface area (Å²) in [6, 6.07) is 4.16. The number of ether oxygens (including phenoxy) is 1. The second-order valence-corrected chi connectivity index (χ2v) is 9.09. The van der Waals surface area contributed by atoms with Gasteiger partial charge in [0.25, 0.3) is 0 Å². The Morgan fingerprint density at radius 3 is 2.93 bits per heavy atom. The third kappa shape index (κ3) is 3.27. The molecule has 0 saturated heterocycles. The monoisotopic (exact) mass is 403 g/mol. The van der Waals surface area contributed by atoms with Gasteiger partial charge in [-0.3, -0.25) is 0 Å². The Morgan fingerprint density at radius 1 is 1.27 bits per heavy atom. The summed E-state index contributed by atoms with van der Waals surface area (Å²) < 4.78 is 7.83. The van der Waals surface area contributed by atoms with Gasteiger partial charge in [-0.25, -0.2) is 4.99 Å². The molecule has 0 bridgehead atoms. The van der Waals surface area contributed by atoms with Crippen LogP contribution in [-0.2, 0) is 18.2 Å². The van der Waals surface area contributed by atoms with Crippen LogP contribution in [0.2, 0.25) is 0 Å². The second-order valence-electron chi connectivity index (χ2n) is 9.09. The van der Waals surface area contributed by atoms with E-state index in [2.05, 4.69) is 54.0 Å². The van der Waals surface area contributed by atoms with Crippen LogP contribution < -0.4 is 0 Å². The molecule has 1 aliphatic heterocycles. The fourth-order valence-corrected chi connectivity index (χ4v) is 5.74. The Labute approximate surface area is 179 Å². The van der Waals surface area contributed by atoms with E-state index in [0.29, 0.717) is 5.92 Å². The number of nitrogens with zero attached hydrogens (tertiary/aromatic N) is 2. The molecule has 0 spiro atoms. The van der Waals surface area contributed by atoms with Crippen molar-refractivity contribution in [1.29, 1.82) is 0 Å². The summed E-state index contributed by atoms with van der Waals surface area (Å²) >= 11 is 0. The zero-order valence-electron chi connectivity index (χ0n) is 18.5. The maximum Gasteiger partial charge on any atom is 0.146 e. The number of aromatic amines is 1. The first-order valence-corrected chi connectivity index (χ1v) is 11.6. The summed E-state index contributed by atoms with van der Waals surface area (Å²) in [5, 5.41) is 0. The van der Waals surface area contributed by atoms with Crippen molar-refractivity contribution >= 4 is 11.8 Å². The van der Waals surface area contributed by atoms with Crippen molar-refractivity contribution < 1.29 is 4.74 Å². The topological polar surface area (TPSA) is 42.3 Å². The molecule has 30 heavy (non-hydrogen) atoms. The van der Waals surface area contributed by atoms with Gasteiger partial charge in [0.2, 0.25) is 0 Å². The van der Waals surface area contributed by atoms with Crippen LogP contribution >= 0.6 is 0 Å². The standard InChI is InChI=1S/C26H33N3O/c1-4-5-8-17-12-13-18-9-6-10-19-25(18)26(17)22(27-19)15-21-24(30-3)16-20(28-21)23-11-7-14-29(23)2/h7,11,14-18,27H,4-6,8-10,12-13H2,1-3H3/b21-15+. The fourth-order valence-electron chi connectivity index (χ4n) is 5.74.